The molecule has 0 spiro atoms. The number of halogens is 2. The van der Waals surface area contributed by atoms with Gasteiger partial charge in [0.1, 0.15) is 11.5 Å². The third-order valence-corrected chi connectivity index (χ3v) is 2.31. The number of methoxy groups -OCH3 is 1. The fraction of sp³-hybridized carbons (Fsp3) is 0.500. The van der Waals surface area contributed by atoms with Crippen LogP contribution in [0.3, 0.4) is 0 Å². The average Bonchev–Trinajstić information content (AvgIpc) is 2.18. The Morgan fingerprint density at radius 1 is 1.41 bits per heavy atom. The Kier molecular flexibility index (Phi) is 3.93. The van der Waals surface area contributed by atoms with Crippen molar-refractivity contribution < 1.29 is 18.6 Å². The van der Waals surface area contributed by atoms with Gasteiger partial charge in [-0.1, -0.05) is 0 Å². The van der Waals surface area contributed by atoms with Crippen LogP contribution in [-0.4, -0.2) is 17.8 Å². The van der Waals surface area contributed by atoms with Crippen LogP contribution in [0.25, 0.3) is 0 Å². The Labute approximate surface area is 99.2 Å². The van der Waals surface area contributed by atoms with Crippen molar-refractivity contribution in [2.75, 3.05) is 7.11 Å². The zero-order valence-electron chi connectivity index (χ0n) is 10.1. The standard InChI is InChI=1S/C12H17F2NO2/c1-12(2,15)6-7-4-8(17-3)5-9(10(7)16)11(13)14/h4-5,11,16H,6,15H2,1-3H3. The van der Waals surface area contributed by atoms with E-state index in [1.165, 1.54) is 13.2 Å². The number of nitrogens with two attached hydrogens (primary N) is 1. The van der Waals surface area contributed by atoms with E-state index in [9.17, 15) is 13.9 Å². The molecule has 17 heavy (non-hydrogen) atoms. The van der Waals surface area contributed by atoms with Crippen molar-refractivity contribution >= 4 is 0 Å². The van der Waals surface area contributed by atoms with Gasteiger partial charge in [0.05, 0.1) is 12.7 Å². The van der Waals surface area contributed by atoms with Crippen molar-refractivity contribution in [3.63, 3.8) is 0 Å². The van der Waals surface area contributed by atoms with Crippen molar-refractivity contribution in [2.24, 2.45) is 5.73 Å². The summed E-state index contributed by atoms with van der Waals surface area (Å²) in [6, 6.07) is 2.66. The number of aromatic hydroxyl groups is 1. The molecule has 0 aromatic heterocycles. The van der Waals surface area contributed by atoms with Crippen LogP contribution in [0.5, 0.6) is 11.5 Å². The van der Waals surface area contributed by atoms with Crippen LogP contribution in [0, 0.1) is 0 Å². The molecule has 0 saturated heterocycles. The Balaban J connectivity index is 3.24. The van der Waals surface area contributed by atoms with E-state index in [1.54, 1.807) is 13.8 Å². The van der Waals surface area contributed by atoms with Gasteiger partial charge in [-0.05, 0) is 38.0 Å². The van der Waals surface area contributed by atoms with E-state index in [-0.39, 0.29) is 12.2 Å². The Bertz CT molecular complexity index is 400. The second-order valence-corrected chi connectivity index (χ2v) is 4.69. The third-order valence-electron chi connectivity index (χ3n) is 2.31. The van der Waals surface area contributed by atoms with Crippen molar-refractivity contribution in [1.29, 1.82) is 0 Å². The largest absolute Gasteiger partial charge is 0.507 e. The fourth-order valence-corrected chi connectivity index (χ4v) is 1.60. The molecule has 1 rings (SSSR count). The molecule has 0 unspecified atom stereocenters. The van der Waals surface area contributed by atoms with Crippen LogP contribution in [0.2, 0.25) is 0 Å². The van der Waals surface area contributed by atoms with Gasteiger partial charge in [0, 0.05) is 5.54 Å². The summed E-state index contributed by atoms with van der Waals surface area (Å²) >= 11 is 0. The highest BCUT2D eigenvalue weighted by Crippen LogP contribution is 2.36. The maximum Gasteiger partial charge on any atom is 0.267 e. The molecule has 0 saturated carbocycles. The van der Waals surface area contributed by atoms with Gasteiger partial charge in [-0.2, -0.15) is 0 Å². The molecule has 0 aliphatic rings. The van der Waals surface area contributed by atoms with E-state index in [4.69, 9.17) is 10.5 Å². The molecule has 3 nitrogen and oxygen atoms in total. The summed E-state index contributed by atoms with van der Waals surface area (Å²) in [7, 11) is 1.39. The predicted octanol–water partition coefficient (Wildman–Crippen LogP) is 2.62. The molecule has 0 aliphatic heterocycles. The summed E-state index contributed by atoms with van der Waals surface area (Å²) in [4.78, 5) is 0. The van der Waals surface area contributed by atoms with E-state index in [2.05, 4.69) is 0 Å². The molecule has 0 atom stereocenters. The van der Waals surface area contributed by atoms with Crippen molar-refractivity contribution in [3.8, 4) is 11.5 Å². The van der Waals surface area contributed by atoms with Crippen LogP contribution in [-0.2, 0) is 6.42 Å². The third kappa shape index (κ3) is 3.56. The van der Waals surface area contributed by atoms with Crippen LogP contribution in [0.15, 0.2) is 12.1 Å². The monoisotopic (exact) mass is 245 g/mol. The van der Waals surface area contributed by atoms with E-state index in [0.29, 0.717) is 5.56 Å². The van der Waals surface area contributed by atoms with Crippen LogP contribution < -0.4 is 10.5 Å². The Hall–Kier alpha value is -1.36. The lowest BCUT2D eigenvalue weighted by Crippen LogP contribution is -2.34. The van der Waals surface area contributed by atoms with Gasteiger partial charge < -0.3 is 15.6 Å². The molecule has 0 aliphatic carbocycles. The second-order valence-electron chi connectivity index (χ2n) is 4.69. The minimum atomic E-state index is -2.75. The van der Waals surface area contributed by atoms with Crippen LogP contribution >= 0.6 is 0 Å². The van der Waals surface area contributed by atoms with Gasteiger partial charge in [0.15, 0.2) is 0 Å². The van der Waals surface area contributed by atoms with Gasteiger partial charge in [-0.3, -0.25) is 0 Å². The molecule has 0 radical (unpaired) electrons. The Morgan fingerprint density at radius 3 is 2.41 bits per heavy atom. The quantitative estimate of drug-likeness (QED) is 0.857. The smallest absolute Gasteiger partial charge is 0.267 e. The SMILES string of the molecule is COc1cc(CC(C)(C)N)c(O)c(C(F)F)c1. The van der Waals surface area contributed by atoms with E-state index < -0.39 is 23.3 Å². The van der Waals surface area contributed by atoms with E-state index in [0.717, 1.165) is 6.07 Å². The zero-order valence-corrected chi connectivity index (χ0v) is 10.1. The molecule has 1 aromatic carbocycles. The minimum Gasteiger partial charge on any atom is -0.507 e. The van der Waals surface area contributed by atoms with Gasteiger partial charge in [0.25, 0.3) is 6.43 Å². The zero-order chi connectivity index (χ0) is 13.2. The van der Waals surface area contributed by atoms with Gasteiger partial charge >= 0.3 is 0 Å². The summed E-state index contributed by atoms with van der Waals surface area (Å²) in [5.74, 6) is -0.114. The Morgan fingerprint density at radius 2 is 2.00 bits per heavy atom. The van der Waals surface area contributed by atoms with Crippen molar-refractivity contribution in [3.05, 3.63) is 23.3 Å². The second kappa shape index (κ2) is 4.87. The predicted molar refractivity (Wildman–Crippen MR) is 61.6 cm³/mol. The van der Waals surface area contributed by atoms with Crippen molar-refractivity contribution in [2.45, 2.75) is 32.2 Å². The highest BCUT2D eigenvalue weighted by atomic mass is 19.3. The number of benzene rings is 1. The normalized spacial score (nSPS) is 11.9. The van der Waals surface area contributed by atoms with Crippen LogP contribution in [0.1, 0.15) is 31.4 Å². The lowest BCUT2D eigenvalue weighted by atomic mass is 9.94. The molecule has 0 bridgehead atoms. The maximum atomic E-state index is 12.7. The summed E-state index contributed by atoms with van der Waals surface area (Å²) in [5.41, 5.74) is 5.16. The van der Waals surface area contributed by atoms with Crippen LogP contribution in [0.4, 0.5) is 8.78 Å². The van der Waals surface area contributed by atoms with E-state index in [1.807, 2.05) is 0 Å². The number of hydrogen-bond acceptors (Lipinski definition) is 3. The number of phenols is 1. The van der Waals surface area contributed by atoms with E-state index >= 15 is 0 Å². The first-order valence-electron chi connectivity index (χ1n) is 5.21. The highest BCUT2D eigenvalue weighted by Gasteiger charge is 2.21. The first-order valence-corrected chi connectivity index (χ1v) is 5.21. The molecule has 3 N–H and O–H groups in total. The number of phenolic OH excluding ortho intramolecular Hbond substituents is 1. The fourth-order valence-electron chi connectivity index (χ4n) is 1.60. The van der Waals surface area contributed by atoms with Crippen molar-refractivity contribution in [1.82, 2.24) is 0 Å². The van der Waals surface area contributed by atoms with Gasteiger partial charge in [-0.25, -0.2) is 8.78 Å². The first kappa shape index (κ1) is 13.7. The molecule has 5 heteroatoms. The molecule has 1 aromatic rings. The summed E-state index contributed by atoms with van der Waals surface area (Å²) in [5, 5.41) is 9.75. The van der Waals surface area contributed by atoms with Gasteiger partial charge in [0.2, 0.25) is 0 Å². The number of alkyl halides is 2. The lowest BCUT2D eigenvalue weighted by Gasteiger charge is -2.20. The molecule has 96 valence electrons. The highest BCUT2D eigenvalue weighted by molar-refractivity contribution is 5.47. The summed E-state index contributed by atoms with van der Waals surface area (Å²) in [6.07, 6.45) is -2.46. The summed E-state index contributed by atoms with van der Waals surface area (Å²) < 4.78 is 30.4. The number of ether oxygens (including phenoxy) is 1. The molecular weight excluding hydrogens is 228 g/mol. The lowest BCUT2D eigenvalue weighted by molar-refractivity contribution is 0.146. The minimum absolute atomic E-state index is 0.287. The maximum absolute atomic E-state index is 12.7. The molecule has 0 amide bonds. The molecular formula is C12H17F2NO2. The summed E-state index contributed by atoms with van der Waals surface area (Å²) in [6.45, 7) is 3.52. The number of hydrogen-bond donors (Lipinski definition) is 2. The first-order chi connectivity index (χ1) is 7.74. The average molecular weight is 245 g/mol. The molecule has 0 heterocycles. The van der Waals surface area contributed by atoms with Gasteiger partial charge in [-0.15, -0.1) is 0 Å². The molecule has 0 fully saturated rings. The topological polar surface area (TPSA) is 55.5 Å². The number of rotatable bonds is 4.